The van der Waals surface area contributed by atoms with Crippen LogP contribution in [0.3, 0.4) is 0 Å². The molecule has 0 spiro atoms. The summed E-state index contributed by atoms with van der Waals surface area (Å²) in [6.07, 6.45) is 2.03. The maximum absolute atomic E-state index is 15.1. The third-order valence-corrected chi connectivity index (χ3v) is 11.0. The third-order valence-electron chi connectivity index (χ3n) is 10.7. The molecule has 7 rings (SSSR count). The van der Waals surface area contributed by atoms with Crippen LogP contribution in [0, 0.1) is 36.4 Å². The summed E-state index contributed by atoms with van der Waals surface area (Å²) in [5.74, 6) is -7.73. The van der Waals surface area contributed by atoms with Crippen LogP contribution < -0.4 is 5.43 Å². The Kier molecular flexibility index (Phi) is 8.05. The zero-order valence-electron chi connectivity index (χ0n) is 26.4. The summed E-state index contributed by atoms with van der Waals surface area (Å²) in [4.78, 5) is 69.7. The van der Waals surface area contributed by atoms with Crippen molar-refractivity contribution in [2.75, 3.05) is 12.0 Å². The molecule has 2 saturated heterocycles. The molecule has 10 nitrogen and oxygen atoms in total. The largest absolute Gasteiger partial charge is 0.507 e. The third kappa shape index (κ3) is 5.01. The highest BCUT2D eigenvalue weighted by Crippen LogP contribution is 2.65. The summed E-state index contributed by atoms with van der Waals surface area (Å²) >= 11 is 6.31. The Balaban J connectivity index is 1.41. The molecule has 1 saturated carbocycles. The van der Waals surface area contributed by atoms with Crippen molar-refractivity contribution in [1.82, 2.24) is 9.91 Å². The van der Waals surface area contributed by atoms with Crippen molar-refractivity contribution in [2.24, 2.45) is 23.7 Å². The van der Waals surface area contributed by atoms with Crippen LogP contribution in [0.5, 0.6) is 5.75 Å². The van der Waals surface area contributed by atoms with E-state index in [4.69, 9.17) is 16.7 Å². The fourth-order valence-corrected chi connectivity index (χ4v) is 8.71. The number of nitrogens with zero attached hydrogens (tertiary/aromatic N) is 2. The second-order valence-corrected chi connectivity index (χ2v) is 13.6. The van der Waals surface area contributed by atoms with E-state index in [0.717, 1.165) is 9.91 Å². The van der Waals surface area contributed by atoms with E-state index < -0.39 is 64.5 Å². The van der Waals surface area contributed by atoms with Gasteiger partial charge < -0.3 is 10.2 Å². The molecule has 12 heteroatoms. The van der Waals surface area contributed by atoms with E-state index in [1.807, 2.05) is 6.08 Å². The molecule has 3 aromatic carbocycles. The van der Waals surface area contributed by atoms with Gasteiger partial charge >= 0.3 is 5.97 Å². The van der Waals surface area contributed by atoms with Gasteiger partial charge in [0.05, 0.1) is 28.9 Å². The van der Waals surface area contributed by atoms with Crippen LogP contribution in [0.2, 0.25) is 5.02 Å². The molecule has 4 amide bonds. The normalized spacial score (nSPS) is 27.5. The van der Waals surface area contributed by atoms with Crippen molar-refractivity contribution < 1.29 is 38.6 Å². The first-order valence-corrected chi connectivity index (χ1v) is 16.5. The molecule has 2 aliphatic carbocycles. The lowest BCUT2D eigenvalue weighted by Crippen LogP contribution is -2.53. The Morgan fingerprint density at radius 3 is 2.39 bits per heavy atom. The lowest BCUT2D eigenvalue weighted by molar-refractivity contribution is -0.142. The number of nitrogens with one attached hydrogen (secondary N) is 1. The summed E-state index contributed by atoms with van der Waals surface area (Å²) < 4.78 is 13.8. The first-order valence-electron chi connectivity index (χ1n) is 16.2. The number of likely N-dealkylation sites (tertiary alicyclic amines) is 1. The molecule has 0 aromatic heterocycles. The van der Waals surface area contributed by atoms with E-state index in [0.29, 0.717) is 33.0 Å². The summed E-state index contributed by atoms with van der Waals surface area (Å²) in [6.45, 7) is 1.70. The van der Waals surface area contributed by atoms with Gasteiger partial charge in [-0.25, -0.2) is 4.39 Å². The summed E-state index contributed by atoms with van der Waals surface area (Å²) in [5, 5.41) is 22.1. The van der Waals surface area contributed by atoms with Crippen molar-refractivity contribution in [2.45, 2.75) is 43.9 Å². The Morgan fingerprint density at radius 2 is 1.69 bits per heavy atom. The van der Waals surface area contributed by atoms with Crippen LogP contribution in [0.1, 0.15) is 48.3 Å². The minimum absolute atomic E-state index is 0.0357. The zero-order valence-corrected chi connectivity index (χ0v) is 27.2. The lowest BCUT2D eigenvalue weighted by Gasteiger charge is -2.50. The van der Waals surface area contributed by atoms with Gasteiger partial charge in [0.25, 0.3) is 11.8 Å². The van der Waals surface area contributed by atoms with Crippen molar-refractivity contribution in [3.8, 4) is 5.75 Å². The van der Waals surface area contributed by atoms with Gasteiger partial charge in [-0.2, -0.15) is 5.01 Å². The molecule has 49 heavy (non-hydrogen) atoms. The number of carbonyl (C=O) groups is 5. The van der Waals surface area contributed by atoms with Crippen LogP contribution in [-0.2, 0) is 29.4 Å². The molecular formula is C37H33ClFN3O7. The molecular weight excluding hydrogens is 653 g/mol. The van der Waals surface area contributed by atoms with Gasteiger partial charge in [0.1, 0.15) is 11.6 Å². The molecule has 3 aromatic rings. The summed E-state index contributed by atoms with van der Waals surface area (Å²) in [7, 11) is 0. The van der Waals surface area contributed by atoms with Gasteiger partial charge in [-0.1, -0.05) is 53.6 Å². The van der Waals surface area contributed by atoms with Gasteiger partial charge in [0.15, 0.2) is 0 Å². The van der Waals surface area contributed by atoms with Crippen molar-refractivity contribution in [1.29, 1.82) is 0 Å². The maximum Gasteiger partial charge on any atom is 0.303 e. The first kappa shape index (κ1) is 32.5. The van der Waals surface area contributed by atoms with Gasteiger partial charge in [-0.15, -0.1) is 0 Å². The predicted molar refractivity (Wildman–Crippen MR) is 175 cm³/mol. The van der Waals surface area contributed by atoms with E-state index in [2.05, 4.69) is 5.43 Å². The van der Waals surface area contributed by atoms with Gasteiger partial charge in [-0.3, -0.25) is 34.3 Å². The molecule has 6 atom stereocenters. The number of halogens is 2. The van der Waals surface area contributed by atoms with E-state index in [1.54, 1.807) is 49.4 Å². The molecule has 4 aliphatic rings. The number of para-hydroxylation sites is 1. The Bertz CT molecular complexity index is 1930. The topological polar surface area (TPSA) is 144 Å². The average Bonchev–Trinajstić information content (AvgIpc) is 3.44. The fraction of sp³-hybridized carbons (Fsp3) is 0.324. The molecule has 0 radical (unpaired) electrons. The Morgan fingerprint density at radius 1 is 0.980 bits per heavy atom. The number of hydrazine groups is 1. The highest BCUT2D eigenvalue weighted by molar-refractivity contribution is 6.30. The number of aromatic hydroxyl groups is 1. The quantitative estimate of drug-likeness (QED) is 0.213. The van der Waals surface area contributed by atoms with Crippen molar-refractivity contribution in [3.63, 3.8) is 0 Å². The molecule has 0 bridgehead atoms. The monoisotopic (exact) mass is 685 g/mol. The maximum atomic E-state index is 15.1. The van der Waals surface area contributed by atoms with E-state index >= 15 is 4.79 Å². The number of carbonyl (C=O) groups excluding carboxylic acids is 4. The van der Waals surface area contributed by atoms with Gasteiger partial charge in [0.2, 0.25) is 11.8 Å². The summed E-state index contributed by atoms with van der Waals surface area (Å²) in [6, 6.07) is 17.1. The van der Waals surface area contributed by atoms with Crippen LogP contribution in [0.25, 0.3) is 0 Å². The second-order valence-electron chi connectivity index (χ2n) is 13.2. The van der Waals surface area contributed by atoms with E-state index in [9.17, 15) is 28.7 Å². The molecule has 3 fully saturated rings. The minimum Gasteiger partial charge on any atom is -0.507 e. The smallest absolute Gasteiger partial charge is 0.303 e. The molecule has 252 valence electrons. The van der Waals surface area contributed by atoms with E-state index in [-0.39, 0.29) is 43.9 Å². The number of rotatable bonds is 8. The number of anilines is 1. The van der Waals surface area contributed by atoms with Crippen LogP contribution >= 0.6 is 11.6 Å². The number of allylic oxidation sites excluding steroid dienone is 2. The van der Waals surface area contributed by atoms with Crippen LogP contribution in [-0.4, -0.2) is 56.3 Å². The average molecular weight is 686 g/mol. The predicted octanol–water partition coefficient (Wildman–Crippen LogP) is 5.34. The van der Waals surface area contributed by atoms with E-state index in [1.165, 1.54) is 24.3 Å². The fourth-order valence-electron chi connectivity index (χ4n) is 8.59. The first-order chi connectivity index (χ1) is 23.4. The summed E-state index contributed by atoms with van der Waals surface area (Å²) in [5.41, 5.74) is 3.69. The number of fused-ring (bicyclic) bond motifs is 4. The number of carboxylic acids is 1. The molecule has 0 unspecified atom stereocenters. The highest BCUT2D eigenvalue weighted by atomic mass is 35.5. The number of hydrogen-bond acceptors (Lipinski definition) is 7. The highest BCUT2D eigenvalue weighted by Gasteiger charge is 2.70. The minimum atomic E-state index is -1.61. The molecule has 2 heterocycles. The zero-order chi connectivity index (χ0) is 34.8. The number of imide groups is 2. The standard InChI is InChI=1S/C37H33ClFN3O7/c1-19-4-2-5-26(32(19)45)31-24-15-16-25-30(35(48)41(33(25)46)17-3-6-29(43)44)27(24)18-28-34(47)42(40-23-13-11-22(39)12-14-23)36(49)37(28,31)20-7-9-21(38)10-8-20/h2,4-5,7-15,25,27-28,30-31,40,45H,3,6,16-18H2,1H3,(H,43,44)/t25-,27+,28-,30-,31+,37+/m0/s1. The van der Waals surface area contributed by atoms with Crippen molar-refractivity contribution in [3.05, 3.63) is 106 Å². The number of phenols is 1. The molecule has 3 N–H and O–H groups in total. The molecule has 2 aliphatic heterocycles. The van der Waals surface area contributed by atoms with Crippen LogP contribution in [0.15, 0.2) is 78.4 Å². The number of carboxylic acid groups (broad SMARTS) is 1. The number of aliphatic carboxylic acids is 1. The second kappa shape index (κ2) is 12.1. The Labute approximate surface area is 286 Å². The number of aryl methyl sites for hydroxylation is 1. The number of hydrogen-bond donors (Lipinski definition) is 3. The van der Waals surface area contributed by atoms with Gasteiger partial charge in [0, 0.05) is 29.5 Å². The number of phenolic OH excluding ortho intramolecular Hbond substituents is 1. The van der Waals surface area contributed by atoms with Crippen LogP contribution in [0.4, 0.5) is 10.1 Å². The number of benzene rings is 3. The van der Waals surface area contributed by atoms with Crippen molar-refractivity contribution >= 4 is 46.9 Å². The lowest BCUT2D eigenvalue weighted by atomic mass is 9.49. The van der Waals surface area contributed by atoms with Gasteiger partial charge in [-0.05, 0) is 79.6 Å². The SMILES string of the molecule is Cc1cccc([C@H]2C3=CC[C@@H]4C(=O)N(CCCC(=O)O)C(=O)[C@@H]4[C@@H]3C[C@H]3C(=O)N(Nc4ccc(F)cc4)C(=O)[C@@]23c2ccc(Cl)cc2)c1O. The number of amides is 4. The Hall–Kier alpha value is -5.03.